The Hall–Kier alpha value is -3.07. The molecule has 0 heterocycles. The lowest BCUT2D eigenvalue weighted by Crippen LogP contribution is -2.40. The normalized spacial score (nSPS) is 13.8. The molecule has 0 unspecified atom stereocenters. The van der Waals surface area contributed by atoms with Gasteiger partial charge in [-0.05, 0) is 43.9 Å². The van der Waals surface area contributed by atoms with E-state index in [0.717, 1.165) is 38.2 Å². The third kappa shape index (κ3) is 8.21. The van der Waals surface area contributed by atoms with E-state index in [1.54, 1.807) is 6.92 Å². The van der Waals surface area contributed by atoms with Gasteiger partial charge in [0.15, 0.2) is 12.4 Å². The monoisotopic (exact) mass is 537 g/mol. The number of halogens is 3. The van der Waals surface area contributed by atoms with Crippen molar-refractivity contribution in [2.24, 2.45) is 5.92 Å². The van der Waals surface area contributed by atoms with Crippen molar-refractivity contribution in [3.8, 4) is 5.75 Å². The summed E-state index contributed by atoms with van der Waals surface area (Å²) in [4.78, 5) is 26.6. The van der Waals surface area contributed by atoms with E-state index in [1.807, 2.05) is 18.7 Å². The van der Waals surface area contributed by atoms with Crippen LogP contribution in [0.3, 0.4) is 0 Å². The predicted octanol–water partition coefficient (Wildman–Crippen LogP) is 7.00. The van der Waals surface area contributed by atoms with Crippen LogP contribution in [-0.2, 0) is 9.53 Å². The fourth-order valence-corrected chi connectivity index (χ4v) is 4.62. The number of amides is 2. The molecule has 0 radical (unpaired) electrons. The zero-order chi connectivity index (χ0) is 26.9. The maximum absolute atomic E-state index is 15.7. The summed E-state index contributed by atoms with van der Waals surface area (Å²) in [5, 5.41) is 5.29. The Balaban J connectivity index is 1.95. The summed E-state index contributed by atoms with van der Waals surface area (Å²) in [7, 11) is 0. The van der Waals surface area contributed by atoms with Crippen molar-refractivity contribution in [1.82, 2.24) is 0 Å². The SMILES string of the molecule is CCOC(=O)COc1cc(F)c(N(CC(C)C)C2CCCCC2)c(NC(=O)Nc2ccc(Cl)cc2F)c1. The second kappa shape index (κ2) is 13.5. The molecule has 0 bridgehead atoms. The highest BCUT2D eigenvalue weighted by atomic mass is 35.5. The van der Waals surface area contributed by atoms with Crippen LogP contribution in [0.4, 0.5) is 30.6 Å². The molecule has 0 atom stereocenters. The van der Waals surface area contributed by atoms with E-state index in [0.29, 0.717) is 6.54 Å². The van der Waals surface area contributed by atoms with Gasteiger partial charge >= 0.3 is 12.0 Å². The van der Waals surface area contributed by atoms with Gasteiger partial charge in [-0.25, -0.2) is 18.4 Å². The number of benzene rings is 2. The lowest BCUT2D eigenvalue weighted by molar-refractivity contribution is -0.145. The van der Waals surface area contributed by atoms with Crippen LogP contribution >= 0.6 is 11.6 Å². The lowest BCUT2D eigenvalue weighted by atomic mass is 9.93. The number of hydrogen-bond acceptors (Lipinski definition) is 5. The highest BCUT2D eigenvalue weighted by Crippen LogP contribution is 2.38. The number of rotatable bonds is 10. The molecule has 0 aliphatic heterocycles. The fourth-order valence-electron chi connectivity index (χ4n) is 4.47. The molecule has 0 spiro atoms. The highest BCUT2D eigenvalue weighted by Gasteiger charge is 2.28. The number of ether oxygens (including phenoxy) is 2. The molecule has 1 fully saturated rings. The Labute approximate surface area is 221 Å². The molecular weight excluding hydrogens is 504 g/mol. The molecule has 2 aromatic rings. The Kier molecular flexibility index (Phi) is 10.4. The number of nitrogens with zero attached hydrogens (tertiary/aromatic N) is 1. The van der Waals surface area contributed by atoms with Crippen LogP contribution in [0.25, 0.3) is 0 Å². The van der Waals surface area contributed by atoms with Crippen molar-refractivity contribution in [1.29, 1.82) is 0 Å². The summed E-state index contributed by atoms with van der Waals surface area (Å²) >= 11 is 5.80. The molecule has 0 aromatic heterocycles. The minimum absolute atomic E-state index is 0.0513. The number of anilines is 3. The Morgan fingerprint density at radius 3 is 2.41 bits per heavy atom. The van der Waals surface area contributed by atoms with Gasteiger partial charge < -0.3 is 25.0 Å². The van der Waals surface area contributed by atoms with Gasteiger partial charge in [0.2, 0.25) is 0 Å². The van der Waals surface area contributed by atoms with Gasteiger partial charge in [0, 0.05) is 29.7 Å². The molecule has 1 aliphatic carbocycles. The van der Waals surface area contributed by atoms with Crippen LogP contribution < -0.4 is 20.3 Å². The average molecular weight is 538 g/mol. The summed E-state index contributed by atoms with van der Waals surface area (Å²) in [5.41, 5.74) is 0.303. The van der Waals surface area contributed by atoms with Crippen molar-refractivity contribution in [2.45, 2.75) is 58.9 Å². The lowest BCUT2D eigenvalue weighted by Gasteiger charge is -2.38. The first-order valence-corrected chi connectivity index (χ1v) is 13.0. The molecule has 7 nitrogen and oxygen atoms in total. The molecule has 2 N–H and O–H groups in total. The zero-order valence-electron chi connectivity index (χ0n) is 21.4. The number of hydrogen-bond donors (Lipinski definition) is 2. The van der Waals surface area contributed by atoms with Crippen molar-refractivity contribution in [3.05, 3.63) is 47.0 Å². The second-order valence-electron chi connectivity index (χ2n) is 9.44. The van der Waals surface area contributed by atoms with E-state index in [1.165, 1.54) is 24.3 Å². The molecule has 0 saturated heterocycles. The third-order valence-electron chi connectivity index (χ3n) is 5.99. The smallest absolute Gasteiger partial charge is 0.344 e. The summed E-state index contributed by atoms with van der Waals surface area (Å²) in [6.07, 6.45) is 5.04. The van der Waals surface area contributed by atoms with Gasteiger partial charge in [0.05, 0.1) is 23.7 Å². The highest BCUT2D eigenvalue weighted by molar-refractivity contribution is 6.30. The molecule has 202 valence electrons. The van der Waals surface area contributed by atoms with Crippen LogP contribution in [0.1, 0.15) is 52.9 Å². The number of carbonyl (C=O) groups is 2. The molecule has 3 rings (SSSR count). The second-order valence-corrected chi connectivity index (χ2v) is 9.87. The molecule has 1 aliphatic rings. The quantitative estimate of drug-likeness (QED) is 0.319. The maximum atomic E-state index is 15.7. The molecule has 2 amide bonds. The first-order valence-electron chi connectivity index (χ1n) is 12.6. The van der Waals surface area contributed by atoms with Gasteiger partial charge in [-0.3, -0.25) is 0 Å². The minimum atomic E-state index is -0.766. The first-order chi connectivity index (χ1) is 17.7. The summed E-state index contributed by atoms with van der Waals surface area (Å²) in [6, 6.07) is 5.87. The van der Waals surface area contributed by atoms with E-state index >= 15 is 4.39 Å². The fraction of sp³-hybridized carbons (Fsp3) is 0.481. The topological polar surface area (TPSA) is 79.9 Å². The van der Waals surface area contributed by atoms with E-state index in [2.05, 4.69) is 10.6 Å². The van der Waals surface area contributed by atoms with Crippen molar-refractivity contribution >= 4 is 40.7 Å². The van der Waals surface area contributed by atoms with Gasteiger partial charge in [-0.15, -0.1) is 0 Å². The Morgan fingerprint density at radius 2 is 1.76 bits per heavy atom. The summed E-state index contributed by atoms with van der Waals surface area (Å²) in [5.74, 6) is -1.62. The minimum Gasteiger partial charge on any atom is -0.482 e. The van der Waals surface area contributed by atoms with Crippen LogP contribution in [0.2, 0.25) is 5.02 Å². The molecule has 10 heteroatoms. The maximum Gasteiger partial charge on any atom is 0.344 e. The number of esters is 1. The van der Waals surface area contributed by atoms with Crippen molar-refractivity contribution in [2.75, 3.05) is 35.3 Å². The Bertz CT molecular complexity index is 1090. The van der Waals surface area contributed by atoms with E-state index < -0.39 is 30.2 Å². The van der Waals surface area contributed by atoms with Crippen LogP contribution in [-0.4, -0.2) is 37.8 Å². The summed E-state index contributed by atoms with van der Waals surface area (Å²) < 4.78 is 40.3. The van der Waals surface area contributed by atoms with Crippen molar-refractivity contribution < 1.29 is 27.8 Å². The standard InChI is InChI=1S/C27H34ClF2N3O4/c1-4-36-25(34)16-37-20-13-22(30)26(33(15-17(2)3)19-8-6-5-7-9-19)24(14-20)32-27(35)31-23-11-10-18(28)12-21(23)29/h10-14,17,19H,4-9,15-16H2,1-3H3,(H2,31,32,35). The van der Waals surface area contributed by atoms with Crippen molar-refractivity contribution in [3.63, 3.8) is 0 Å². The largest absolute Gasteiger partial charge is 0.482 e. The van der Waals surface area contributed by atoms with Gasteiger partial charge in [0.1, 0.15) is 11.6 Å². The van der Waals surface area contributed by atoms with Gasteiger partial charge in [0.25, 0.3) is 0 Å². The number of nitrogens with one attached hydrogen (secondary N) is 2. The first kappa shape index (κ1) is 28.5. The Morgan fingerprint density at radius 1 is 1.05 bits per heavy atom. The number of carbonyl (C=O) groups excluding carboxylic acids is 2. The van der Waals surface area contributed by atoms with Crippen LogP contribution in [0.5, 0.6) is 5.75 Å². The van der Waals surface area contributed by atoms with Crippen LogP contribution in [0.15, 0.2) is 30.3 Å². The van der Waals surface area contributed by atoms with E-state index in [-0.39, 0.29) is 46.4 Å². The van der Waals surface area contributed by atoms with E-state index in [9.17, 15) is 14.0 Å². The molecular formula is C27H34ClF2N3O4. The number of urea groups is 1. The predicted molar refractivity (Wildman–Crippen MR) is 142 cm³/mol. The van der Waals surface area contributed by atoms with Gasteiger partial charge in [-0.2, -0.15) is 0 Å². The molecule has 37 heavy (non-hydrogen) atoms. The third-order valence-corrected chi connectivity index (χ3v) is 6.23. The summed E-state index contributed by atoms with van der Waals surface area (Å²) in [6.45, 7) is 6.13. The van der Waals surface area contributed by atoms with Gasteiger partial charge in [-0.1, -0.05) is 44.7 Å². The average Bonchev–Trinajstić information content (AvgIpc) is 2.84. The van der Waals surface area contributed by atoms with E-state index in [4.69, 9.17) is 21.1 Å². The zero-order valence-corrected chi connectivity index (χ0v) is 22.2. The van der Waals surface area contributed by atoms with Crippen LogP contribution in [0, 0.1) is 17.6 Å². The molecule has 2 aromatic carbocycles. The molecule has 1 saturated carbocycles.